The molecule has 1 aromatic carbocycles. The van der Waals surface area contributed by atoms with Gasteiger partial charge in [0, 0.05) is 0 Å². The molecule has 0 heterocycles. The second-order valence-corrected chi connectivity index (χ2v) is 2.92. The fourth-order valence-electron chi connectivity index (χ4n) is 1.20. The number of aliphatic hydroxyl groups is 1. The van der Waals surface area contributed by atoms with Crippen LogP contribution < -0.4 is 15.4 Å². The number of rotatable bonds is 3. The number of nitrogens with zero attached hydrogens (tertiary/aromatic N) is 1. The van der Waals surface area contributed by atoms with Gasteiger partial charge in [-0.05, 0) is 24.3 Å². The van der Waals surface area contributed by atoms with Gasteiger partial charge < -0.3 is 15.6 Å². The van der Waals surface area contributed by atoms with E-state index in [9.17, 15) is 9.59 Å². The first-order chi connectivity index (χ1) is 7.60. The summed E-state index contributed by atoms with van der Waals surface area (Å²) in [4.78, 5) is 23.0. The molecular weight excluding hydrogens is 212 g/mol. The molecular formula is C10H12N2O4. The Bertz CT molecular complexity index is 388. The lowest BCUT2D eigenvalue weighted by molar-refractivity contribution is -0.120. The summed E-state index contributed by atoms with van der Waals surface area (Å²) < 4.78 is 4.93. The molecule has 0 aromatic heterocycles. The van der Waals surface area contributed by atoms with Crippen molar-refractivity contribution in [1.29, 1.82) is 0 Å². The zero-order valence-electron chi connectivity index (χ0n) is 8.71. The highest BCUT2D eigenvalue weighted by Gasteiger charge is 2.19. The molecule has 1 aromatic rings. The van der Waals surface area contributed by atoms with E-state index in [0.717, 1.165) is 0 Å². The Balaban J connectivity index is 3.02. The van der Waals surface area contributed by atoms with Crippen LogP contribution in [-0.2, 0) is 4.79 Å². The number of hydrogen-bond donors (Lipinski definition) is 2. The number of hydrogen-bond acceptors (Lipinski definition) is 4. The number of urea groups is 1. The lowest BCUT2D eigenvalue weighted by Gasteiger charge is -2.17. The smallest absolute Gasteiger partial charge is 0.326 e. The first kappa shape index (κ1) is 12.0. The number of primary amides is 1. The summed E-state index contributed by atoms with van der Waals surface area (Å²) in [6, 6.07) is 5.21. The summed E-state index contributed by atoms with van der Waals surface area (Å²) in [5.74, 6) is -0.192. The Morgan fingerprint density at radius 2 is 1.94 bits per heavy atom. The molecule has 0 aliphatic heterocycles. The summed E-state index contributed by atoms with van der Waals surface area (Å²) in [6.07, 6.45) is 0. The van der Waals surface area contributed by atoms with E-state index in [1.165, 1.54) is 19.2 Å². The highest BCUT2D eigenvalue weighted by Crippen LogP contribution is 2.19. The molecule has 0 atom stereocenters. The van der Waals surface area contributed by atoms with E-state index >= 15 is 0 Å². The highest BCUT2D eigenvalue weighted by molar-refractivity contribution is 6.14. The monoisotopic (exact) mass is 224 g/mol. The van der Waals surface area contributed by atoms with Crippen LogP contribution in [0.25, 0.3) is 0 Å². The zero-order valence-corrected chi connectivity index (χ0v) is 8.71. The number of benzene rings is 1. The van der Waals surface area contributed by atoms with E-state index in [-0.39, 0.29) is 5.69 Å². The molecule has 0 unspecified atom stereocenters. The summed E-state index contributed by atoms with van der Waals surface area (Å²) in [5.41, 5.74) is 5.32. The molecule has 6 heteroatoms. The van der Waals surface area contributed by atoms with Crippen molar-refractivity contribution in [3.05, 3.63) is 24.3 Å². The molecule has 3 amide bonds. The van der Waals surface area contributed by atoms with Gasteiger partial charge in [-0.1, -0.05) is 0 Å². The molecule has 0 saturated heterocycles. The number of amides is 3. The summed E-state index contributed by atoms with van der Waals surface area (Å²) in [5, 5.41) is 8.69. The van der Waals surface area contributed by atoms with Crippen LogP contribution in [-0.4, -0.2) is 30.8 Å². The van der Waals surface area contributed by atoms with Crippen LogP contribution in [0.15, 0.2) is 24.3 Å². The Hall–Kier alpha value is -2.08. The molecule has 3 N–H and O–H groups in total. The number of methoxy groups -OCH3 is 1. The van der Waals surface area contributed by atoms with Gasteiger partial charge in [0.15, 0.2) is 0 Å². The van der Waals surface area contributed by atoms with Crippen molar-refractivity contribution in [2.45, 2.75) is 0 Å². The maximum Gasteiger partial charge on any atom is 0.326 e. The lowest BCUT2D eigenvalue weighted by Crippen LogP contribution is -2.42. The summed E-state index contributed by atoms with van der Waals surface area (Å²) >= 11 is 0. The standard InChI is InChI=1S/C10H12N2O4/c1-16-8-4-2-7(3-5-8)12(10(11)15)9(14)6-13/h2-5,13H,6H2,1H3,(H2,11,15). The number of ether oxygens (including phenoxy) is 1. The normalized spacial score (nSPS) is 9.62. The van der Waals surface area contributed by atoms with E-state index in [0.29, 0.717) is 10.6 Å². The van der Waals surface area contributed by atoms with Crippen LogP contribution in [0.3, 0.4) is 0 Å². The molecule has 0 spiro atoms. The average Bonchev–Trinajstić information content (AvgIpc) is 2.29. The van der Waals surface area contributed by atoms with Crippen molar-refractivity contribution in [3.63, 3.8) is 0 Å². The predicted molar refractivity (Wildman–Crippen MR) is 57.1 cm³/mol. The Labute approximate surface area is 92.2 Å². The van der Waals surface area contributed by atoms with E-state index in [2.05, 4.69) is 0 Å². The van der Waals surface area contributed by atoms with Gasteiger partial charge in [-0.15, -0.1) is 0 Å². The van der Waals surface area contributed by atoms with Gasteiger partial charge in [0.25, 0.3) is 5.91 Å². The number of carbonyl (C=O) groups is 2. The second-order valence-electron chi connectivity index (χ2n) is 2.92. The van der Waals surface area contributed by atoms with Crippen molar-refractivity contribution in [2.75, 3.05) is 18.6 Å². The molecule has 0 bridgehead atoms. The first-order valence-corrected chi connectivity index (χ1v) is 4.47. The van der Waals surface area contributed by atoms with Crippen LogP contribution in [0.4, 0.5) is 10.5 Å². The number of anilines is 1. The molecule has 0 fully saturated rings. The molecule has 16 heavy (non-hydrogen) atoms. The van der Waals surface area contributed by atoms with E-state index in [4.69, 9.17) is 15.6 Å². The number of nitrogens with two attached hydrogens (primary N) is 1. The van der Waals surface area contributed by atoms with Gasteiger partial charge in [0.05, 0.1) is 12.8 Å². The third-order valence-corrected chi connectivity index (χ3v) is 1.94. The topological polar surface area (TPSA) is 92.9 Å². The lowest BCUT2D eigenvalue weighted by atomic mass is 10.2. The summed E-state index contributed by atoms with van der Waals surface area (Å²) in [7, 11) is 1.50. The Morgan fingerprint density at radius 1 is 1.38 bits per heavy atom. The van der Waals surface area contributed by atoms with Crippen molar-refractivity contribution in [3.8, 4) is 5.75 Å². The van der Waals surface area contributed by atoms with Crippen LogP contribution in [0, 0.1) is 0 Å². The van der Waals surface area contributed by atoms with Crippen LogP contribution in [0.2, 0.25) is 0 Å². The van der Waals surface area contributed by atoms with Crippen LogP contribution in [0.5, 0.6) is 5.75 Å². The summed E-state index contributed by atoms with van der Waals surface area (Å²) in [6.45, 7) is -0.783. The van der Waals surface area contributed by atoms with Gasteiger partial charge in [0.2, 0.25) is 0 Å². The zero-order chi connectivity index (χ0) is 12.1. The Kier molecular flexibility index (Phi) is 3.84. The predicted octanol–water partition coefficient (Wildman–Crippen LogP) is 0.0992. The van der Waals surface area contributed by atoms with E-state index in [1.807, 2.05) is 0 Å². The quantitative estimate of drug-likeness (QED) is 0.761. The third kappa shape index (κ3) is 2.48. The van der Waals surface area contributed by atoms with Crippen LogP contribution >= 0.6 is 0 Å². The highest BCUT2D eigenvalue weighted by atomic mass is 16.5. The fraction of sp³-hybridized carbons (Fsp3) is 0.200. The molecule has 6 nitrogen and oxygen atoms in total. The SMILES string of the molecule is COc1ccc(N(C(N)=O)C(=O)CO)cc1. The minimum absolute atomic E-state index is 0.285. The van der Waals surface area contributed by atoms with Gasteiger partial charge in [-0.25, -0.2) is 9.69 Å². The van der Waals surface area contributed by atoms with Crippen LogP contribution in [0.1, 0.15) is 0 Å². The van der Waals surface area contributed by atoms with Crippen molar-refractivity contribution in [1.82, 2.24) is 0 Å². The fourth-order valence-corrected chi connectivity index (χ4v) is 1.20. The average molecular weight is 224 g/mol. The van der Waals surface area contributed by atoms with Gasteiger partial charge in [-0.3, -0.25) is 4.79 Å². The molecule has 0 radical (unpaired) electrons. The molecule has 86 valence electrons. The minimum atomic E-state index is -0.941. The Morgan fingerprint density at radius 3 is 2.31 bits per heavy atom. The number of aliphatic hydroxyl groups excluding tert-OH is 1. The van der Waals surface area contributed by atoms with Gasteiger partial charge in [-0.2, -0.15) is 0 Å². The third-order valence-electron chi connectivity index (χ3n) is 1.94. The van der Waals surface area contributed by atoms with Crippen molar-refractivity contribution < 1.29 is 19.4 Å². The number of imide groups is 1. The first-order valence-electron chi connectivity index (χ1n) is 4.47. The molecule has 0 aliphatic carbocycles. The molecule has 0 aliphatic rings. The van der Waals surface area contributed by atoms with E-state index < -0.39 is 18.5 Å². The largest absolute Gasteiger partial charge is 0.497 e. The molecule has 1 rings (SSSR count). The second kappa shape index (κ2) is 5.13. The van der Waals surface area contributed by atoms with Crippen molar-refractivity contribution >= 4 is 17.6 Å². The number of carbonyl (C=O) groups excluding carboxylic acids is 2. The maximum absolute atomic E-state index is 11.3. The minimum Gasteiger partial charge on any atom is -0.497 e. The van der Waals surface area contributed by atoms with Crippen molar-refractivity contribution in [2.24, 2.45) is 5.73 Å². The van der Waals surface area contributed by atoms with E-state index in [1.54, 1.807) is 12.1 Å². The van der Waals surface area contributed by atoms with Gasteiger partial charge >= 0.3 is 6.03 Å². The maximum atomic E-state index is 11.3. The van der Waals surface area contributed by atoms with Gasteiger partial charge in [0.1, 0.15) is 12.4 Å². The molecule has 0 saturated carbocycles.